The van der Waals surface area contributed by atoms with Gasteiger partial charge in [-0.25, -0.2) is 23.9 Å². The van der Waals surface area contributed by atoms with Crippen molar-refractivity contribution in [2.75, 3.05) is 23.6 Å². The molecule has 38 heavy (non-hydrogen) atoms. The van der Waals surface area contributed by atoms with E-state index in [0.717, 1.165) is 28.9 Å². The highest BCUT2D eigenvalue weighted by Crippen LogP contribution is 2.32. The van der Waals surface area contributed by atoms with Gasteiger partial charge in [-0.15, -0.1) is 0 Å². The summed E-state index contributed by atoms with van der Waals surface area (Å²) in [5.41, 5.74) is 3.81. The zero-order valence-corrected chi connectivity index (χ0v) is 21.8. The van der Waals surface area contributed by atoms with Crippen molar-refractivity contribution in [3.63, 3.8) is 0 Å². The van der Waals surface area contributed by atoms with E-state index in [2.05, 4.69) is 28.0 Å². The fourth-order valence-corrected chi connectivity index (χ4v) is 4.00. The molecule has 4 heterocycles. The van der Waals surface area contributed by atoms with Crippen LogP contribution in [0.25, 0.3) is 16.6 Å². The highest BCUT2D eigenvalue weighted by Gasteiger charge is 2.17. The Hall–Kier alpha value is -4.78. The summed E-state index contributed by atoms with van der Waals surface area (Å²) in [5.74, 6) is 1.50. The Morgan fingerprint density at radius 2 is 2.00 bits per heavy atom. The number of nitrogens with zero attached hydrogens (tertiary/aromatic N) is 8. The molecule has 0 saturated carbocycles. The number of hydrogen-bond acceptors (Lipinski definition) is 8. The number of pyridine rings is 3. The number of aromatic nitrogens is 4. The van der Waals surface area contributed by atoms with Crippen molar-refractivity contribution < 1.29 is 9.13 Å². The normalized spacial score (nSPS) is 12.2. The summed E-state index contributed by atoms with van der Waals surface area (Å²) in [6.07, 6.45) is 8.95. The van der Waals surface area contributed by atoms with Gasteiger partial charge in [-0.1, -0.05) is 13.0 Å². The van der Waals surface area contributed by atoms with Crippen LogP contribution < -0.4 is 14.6 Å². The zero-order valence-electron chi connectivity index (χ0n) is 21.8. The lowest BCUT2D eigenvalue weighted by Crippen LogP contribution is -2.22. The summed E-state index contributed by atoms with van der Waals surface area (Å²) >= 11 is 0. The number of hydrogen-bond donors (Lipinski definition) is 0. The molecule has 0 N–H and O–H groups in total. The van der Waals surface area contributed by atoms with E-state index in [0.29, 0.717) is 29.3 Å². The van der Waals surface area contributed by atoms with E-state index in [9.17, 15) is 9.65 Å². The first-order valence-corrected chi connectivity index (χ1v) is 12.2. The first kappa shape index (κ1) is 26.3. The van der Waals surface area contributed by atoms with Gasteiger partial charge in [0, 0.05) is 37.3 Å². The van der Waals surface area contributed by atoms with Gasteiger partial charge < -0.3 is 9.64 Å². The Bertz CT molecular complexity index is 1480. The van der Waals surface area contributed by atoms with Crippen molar-refractivity contribution in [2.24, 2.45) is 5.10 Å². The maximum atomic E-state index is 13.3. The number of ether oxygens (including phenoxy) is 1. The van der Waals surface area contributed by atoms with Crippen LogP contribution in [0.5, 0.6) is 5.75 Å². The second-order valence-electron chi connectivity index (χ2n) is 8.74. The minimum atomic E-state index is -0.399. The highest BCUT2D eigenvalue weighted by atomic mass is 19.1. The van der Waals surface area contributed by atoms with Gasteiger partial charge in [0.1, 0.15) is 23.5 Å². The van der Waals surface area contributed by atoms with E-state index in [1.54, 1.807) is 35.4 Å². The average Bonchev–Trinajstić information content (AvgIpc) is 3.37. The topological polar surface area (TPSA) is 94.9 Å². The molecule has 0 saturated heterocycles. The molecule has 0 bridgehead atoms. The fraction of sp³-hybridized carbons (Fsp3) is 0.250. The van der Waals surface area contributed by atoms with E-state index in [1.807, 2.05) is 50.1 Å². The van der Waals surface area contributed by atoms with Crippen LogP contribution in [0, 0.1) is 11.3 Å². The molecule has 4 aromatic rings. The van der Waals surface area contributed by atoms with Gasteiger partial charge in [0.25, 0.3) is 0 Å². The van der Waals surface area contributed by atoms with Crippen molar-refractivity contribution in [3.05, 3.63) is 78.3 Å². The van der Waals surface area contributed by atoms with Gasteiger partial charge in [0.05, 0.1) is 42.3 Å². The summed E-state index contributed by atoms with van der Waals surface area (Å²) in [5, 5.41) is 19.0. The SMILES string of the molecule is C=NN(/C=C(\C)F)c1ccc([C@H](C)N(C)c2ccc(-c3cc(OCCC)cn4ncc(C#N)c34)cn2)cn1. The number of hydrazone groups is 1. The number of halogens is 1. The van der Waals surface area contributed by atoms with Crippen LogP contribution >= 0.6 is 0 Å². The number of anilines is 2. The maximum absolute atomic E-state index is 13.3. The summed E-state index contributed by atoms with van der Waals surface area (Å²) in [6, 6.07) is 11.7. The summed E-state index contributed by atoms with van der Waals surface area (Å²) in [6.45, 7) is 9.48. The van der Waals surface area contributed by atoms with Crippen LogP contribution in [0.3, 0.4) is 0 Å². The molecule has 0 aliphatic rings. The molecular weight excluding hydrogens is 483 g/mol. The van der Waals surface area contributed by atoms with Crippen LogP contribution in [0.4, 0.5) is 16.0 Å². The van der Waals surface area contributed by atoms with Gasteiger partial charge >= 0.3 is 0 Å². The van der Waals surface area contributed by atoms with Gasteiger partial charge in [0.2, 0.25) is 0 Å². The predicted molar refractivity (Wildman–Crippen MR) is 147 cm³/mol. The van der Waals surface area contributed by atoms with E-state index < -0.39 is 5.83 Å². The molecular formula is C28H29FN8O. The molecule has 0 radical (unpaired) electrons. The lowest BCUT2D eigenvalue weighted by Gasteiger charge is -2.26. The smallest absolute Gasteiger partial charge is 0.153 e. The van der Waals surface area contributed by atoms with Crippen LogP contribution in [0.15, 0.2) is 72.2 Å². The van der Waals surface area contributed by atoms with Crippen molar-refractivity contribution in [1.29, 1.82) is 5.26 Å². The first-order valence-electron chi connectivity index (χ1n) is 12.2. The molecule has 0 aromatic carbocycles. The van der Waals surface area contributed by atoms with Gasteiger partial charge in [-0.3, -0.25) is 0 Å². The quantitative estimate of drug-likeness (QED) is 0.193. The number of rotatable bonds is 10. The van der Waals surface area contributed by atoms with Crippen molar-refractivity contribution in [3.8, 4) is 22.9 Å². The Balaban J connectivity index is 1.59. The Morgan fingerprint density at radius 3 is 2.61 bits per heavy atom. The molecule has 0 spiro atoms. The second-order valence-corrected chi connectivity index (χ2v) is 8.74. The fourth-order valence-electron chi connectivity index (χ4n) is 4.00. The molecule has 10 heteroatoms. The molecule has 0 aliphatic carbocycles. The molecule has 0 fully saturated rings. The monoisotopic (exact) mass is 512 g/mol. The Morgan fingerprint density at radius 1 is 1.24 bits per heavy atom. The third-order valence-electron chi connectivity index (χ3n) is 6.12. The molecule has 4 aromatic heterocycles. The average molecular weight is 513 g/mol. The molecule has 0 amide bonds. The number of allylic oxidation sites excluding steroid dienone is 1. The zero-order chi connectivity index (χ0) is 27.2. The maximum Gasteiger partial charge on any atom is 0.153 e. The molecule has 194 valence electrons. The third-order valence-corrected chi connectivity index (χ3v) is 6.12. The van der Waals surface area contributed by atoms with E-state index in [1.165, 1.54) is 18.1 Å². The van der Waals surface area contributed by atoms with E-state index in [4.69, 9.17) is 9.72 Å². The van der Waals surface area contributed by atoms with Crippen molar-refractivity contribution >= 4 is 23.9 Å². The van der Waals surface area contributed by atoms with Crippen LogP contribution in [-0.4, -0.2) is 40.0 Å². The van der Waals surface area contributed by atoms with Crippen LogP contribution in [-0.2, 0) is 0 Å². The predicted octanol–water partition coefficient (Wildman–Crippen LogP) is 5.90. The minimum absolute atomic E-state index is 0.0454. The van der Waals surface area contributed by atoms with E-state index in [-0.39, 0.29) is 6.04 Å². The van der Waals surface area contributed by atoms with Gasteiger partial charge in [0.15, 0.2) is 5.82 Å². The standard InChI is InChI=1S/C28H29FN8O/c1-6-11-38-24-12-25(28-23(13-30)16-34-37(28)18-24)22-8-9-26(32-15-22)35(5)20(3)21-7-10-27(33-14-21)36(31-4)17-19(2)29/h7-10,12,14-18,20H,4,6,11H2,1-3,5H3/b19-17+/t20-/m0/s1. The lowest BCUT2D eigenvalue weighted by atomic mass is 10.0. The summed E-state index contributed by atoms with van der Waals surface area (Å²) in [7, 11) is 1.95. The molecule has 1 atom stereocenters. The van der Waals surface area contributed by atoms with Crippen LogP contribution in [0.2, 0.25) is 0 Å². The Kier molecular flexibility index (Phi) is 7.97. The highest BCUT2D eigenvalue weighted by molar-refractivity contribution is 5.85. The number of nitriles is 1. The largest absolute Gasteiger partial charge is 0.492 e. The second kappa shape index (κ2) is 11.5. The van der Waals surface area contributed by atoms with Gasteiger partial charge in [-0.2, -0.15) is 15.5 Å². The molecule has 9 nitrogen and oxygen atoms in total. The number of fused-ring (bicyclic) bond motifs is 1. The van der Waals surface area contributed by atoms with Gasteiger partial charge in [-0.05, 0) is 50.1 Å². The summed E-state index contributed by atoms with van der Waals surface area (Å²) in [4.78, 5) is 11.1. The molecule has 0 unspecified atom stereocenters. The van der Waals surface area contributed by atoms with Crippen LogP contribution in [0.1, 0.15) is 44.4 Å². The van der Waals surface area contributed by atoms with E-state index >= 15 is 0 Å². The van der Waals surface area contributed by atoms with Crippen molar-refractivity contribution in [2.45, 2.75) is 33.2 Å². The molecule has 0 aliphatic heterocycles. The summed E-state index contributed by atoms with van der Waals surface area (Å²) < 4.78 is 20.8. The van der Waals surface area contributed by atoms with Crippen molar-refractivity contribution in [1.82, 2.24) is 19.6 Å². The Labute approximate surface area is 221 Å². The minimum Gasteiger partial charge on any atom is -0.492 e. The third kappa shape index (κ3) is 5.47. The lowest BCUT2D eigenvalue weighted by molar-refractivity contribution is 0.315. The first-order chi connectivity index (χ1) is 18.4. The molecule has 4 rings (SSSR count).